The van der Waals surface area contributed by atoms with Gasteiger partial charge in [-0.1, -0.05) is 42.5 Å². The number of nitrogens with one attached hydrogen (secondary N) is 2. The summed E-state index contributed by atoms with van der Waals surface area (Å²) in [7, 11) is -3.58. The van der Waals surface area contributed by atoms with Crippen molar-refractivity contribution in [3.63, 3.8) is 0 Å². The van der Waals surface area contributed by atoms with Gasteiger partial charge in [-0.25, -0.2) is 8.42 Å². The molecule has 2 aromatic carbocycles. The number of carbonyl (C=O) groups excluding carboxylic acids is 1. The summed E-state index contributed by atoms with van der Waals surface area (Å²) in [6.07, 6.45) is 0.214. The predicted octanol–water partition coefficient (Wildman–Crippen LogP) is 3.94. The molecule has 3 aromatic rings. The minimum absolute atomic E-state index is 0.104. The van der Waals surface area contributed by atoms with Crippen LogP contribution in [0.25, 0.3) is 0 Å². The molecule has 0 bridgehead atoms. The summed E-state index contributed by atoms with van der Waals surface area (Å²) in [5.41, 5.74) is 3.34. The molecule has 6 nitrogen and oxygen atoms in total. The van der Waals surface area contributed by atoms with Crippen LogP contribution in [0.15, 0.2) is 70.3 Å². The minimum atomic E-state index is -3.58. The first-order valence-corrected chi connectivity index (χ1v) is 11.9. The summed E-state index contributed by atoms with van der Waals surface area (Å²) in [6.45, 7) is 3.54. The number of carbonyl (C=O) groups is 1. The fourth-order valence-corrected chi connectivity index (χ4v) is 4.89. The van der Waals surface area contributed by atoms with E-state index in [2.05, 4.69) is 10.0 Å². The Kier molecular flexibility index (Phi) is 7.62. The fraction of sp³-hybridized carbons (Fsp3) is 0.227. The van der Waals surface area contributed by atoms with Crippen LogP contribution in [-0.4, -0.2) is 20.9 Å². The highest BCUT2D eigenvalue weighted by Crippen LogP contribution is 2.20. The molecule has 0 aliphatic rings. The van der Waals surface area contributed by atoms with Crippen LogP contribution in [0, 0.1) is 0 Å². The molecule has 0 unspecified atom stereocenters. The molecule has 0 aliphatic heterocycles. The molecule has 0 atom stereocenters. The van der Waals surface area contributed by atoms with Crippen LogP contribution in [0.4, 0.5) is 5.69 Å². The minimum Gasteiger partial charge on any atom is -0.377 e. The Balaban J connectivity index is 1.54. The summed E-state index contributed by atoms with van der Waals surface area (Å²) >= 11 is 1.16. The van der Waals surface area contributed by atoms with Crippen LogP contribution < -0.4 is 10.0 Å². The topological polar surface area (TPSA) is 84.5 Å². The number of rotatable bonds is 10. The van der Waals surface area contributed by atoms with Gasteiger partial charge in [0.05, 0.1) is 13.0 Å². The van der Waals surface area contributed by atoms with E-state index in [1.165, 1.54) is 0 Å². The van der Waals surface area contributed by atoms with Crippen molar-refractivity contribution in [3.8, 4) is 0 Å². The summed E-state index contributed by atoms with van der Waals surface area (Å²) in [5, 5.41) is 4.64. The van der Waals surface area contributed by atoms with Crippen molar-refractivity contribution in [1.29, 1.82) is 0 Å². The molecule has 1 aromatic heterocycles. The lowest BCUT2D eigenvalue weighted by molar-refractivity contribution is -0.120. The Morgan fingerprint density at radius 2 is 1.73 bits per heavy atom. The highest BCUT2D eigenvalue weighted by molar-refractivity contribution is 7.94. The number of ether oxygens (including phenoxy) is 1. The van der Waals surface area contributed by atoms with Gasteiger partial charge in [0.2, 0.25) is 5.91 Å². The number of sulfonamides is 1. The van der Waals surface area contributed by atoms with Crippen LogP contribution in [0.3, 0.4) is 0 Å². The lowest BCUT2D eigenvalue weighted by atomic mass is 10.1. The maximum atomic E-state index is 12.3. The van der Waals surface area contributed by atoms with Gasteiger partial charge in [0.15, 0.2) is 0 Å². The molecule has 8 heteroatoms. The maximum Gasteiger partial charge on any atom is 0.271 e. The maximum absolute atomic E-state index is 12.3. The first-order chi connectivity index (χ1) is 14.5. The molecule has 0 fully saturated rings. The summed E-state index contributed by atoms with van der Waals surface area (Å²) < 4.78 is 32.8. The van der Waals surface area contributed by atoms with Crippen LogP contribution in [0.2, 0.25) is 0 Å². The van der Waals surface area contributed by atoms with Crippen molar-refractivity contribution in [3.05, 3.63) is 82.7 Å². The van der Waals surface area contributed by atoms with Gasteiger partial charge in [0, 0.05) is 18.8 Å². The fourth-order valence-electron chi connectivity index (χ4n) is 2.84. The third-order valence-corrected chi connectivity index (χ3v) is 7.17. The largest absolute Gasteiger partial charge is 0.377 e. The van der Waals surface area contributed by atoms with Gasteiger partial charge in [-0.05, 0) is 47.2 Å². The second kappa shape index (κ2) is 10.4. The van der Waals surface area contributed by atoms with Gasteiger partial charge >= 0.3 is 0 Å². The third kappa shape index (κ3) is 6.16. The molecule has 1 heterocycles. The summed E-state index contributed by atoms with van der Waals surface area (Å²) in [4.78, 5) is 12.3. The summed E-state index contributed by atoms with van der Waals surface area (Å²) in [5.74, 6) is -0.104. The monoisotopic (exact) mass is 444 g/mol. The van der Waals surface area contributed by atoms with Crippen molar-refractivity contribution in [2.45, 2.75) is 30.7 Å². The molecule has 3 rings (SSSR count). The number of amides is 1. The first-order valence-electron chi connectivity index (χ1n) is 9.54. The van der Waals surface area contributed by atoms with Crippen molar-refractivity contribution in [2.24, 2.45) is 0 Å². The van der Waals surface area contributed by atoms with Gasteiger partial charge in [0.25, 0.3) is 10.0 Å². The number of hydrogen-bond acceptors (Lipinski definition) is 5. The molecular weight excluding hydrogens is 420 g/mol. The van der Waals surface area contributed by atoms with E-state index in [0.717, 1.165) is 28.0 Å². The molecule has 2 N–H and O–H groups in total. The molecular formula is C22H24N2O4S2. The highest BCUT2D eigenvalue weighted by atomic mass is 32.2. The first kappa shape index (κ1) is 22.0. The Labute approximate surface area is 181 Å². The van der Waals surface area contributed by atoms with Crippen LogP contribution in [0.1, 0.15) is 23.6 Å². The Hall–Kier alpha value is -2.68. The van der Waals surface area contributed by atoms with E-state index in [-0.39, 0.29) is 16.5 Å². The second-order valence-electron chi connectivity index (χ2n) is 6.59. The average Bonchev–Trinajstić information content (AvgIpc) is 3.29. The normalized spacial score (nSPS) is 11.2. The molecule has 0 aliphatic carbocycles. The number of anilines is 1. The smallest absolute Gasteiger partial charge is 0.271 e. The summed E-state index contributed by atoms with van der Waals surface area (Å²) in [6, 6.07) is 17.9. The number of thiophene rings is 1. The molecule has 0 saturated heterocycles. The number of benzene rings is 2. The zero-order chi connectivity index (χ0) is 21.4. The van der Waals surface area contributed by atoms with Gasteiger partial charge in [-0.15, -0.1) is 11.3 Å². The van der Waals surface area contributed by atoms with E-state index >= 15 is 0 Å². The molecule has 0 spiro atoms. The van der Waals surface area contributed by atoms with Crippen molar-refractivity contribution in [1.82, 2.24) is 5.32 Å². The SMILES string of the molecule is CCOCc1ccccc1CNC(=O)Cc1ccc(NS(=O)(=O)c2cccs2)cc1. The van der Waals surface area contributed by atoms with Gasteiger partial charge in [-0.2, -0.15) is 0 Å². The van der Waals surface area contributed by atoms with Crippen LogP contribution in [-0.2, 0) is 39.1 Å². The lowest BCUT2D eigenvalue weighted by Crippen LogP contribution is -2.25. The van der Waals surface area contributed by atoms with Crippen molar-refractivity contribution >= 4 is 33.0 Å². The zero-order valence-corrected chi connectivity index (χ0v) is 18.3. The average molecular weight is 445 g/mol. The zero-order valence-electron chi connectivity index (χ0n) is 16.6. The molecule has 0 radical (unpaired) electrons. The van der Waals surface area contributed by atoms with Gasteiger partial charge < -0.3 is 10.1 Å². The third-order valence-electron chi connectivity index (χ3n) is 4.39. The molecule has 0 saturated carbocycles. The van der Waals surface area contributed by atoms with Gasteiger partial charge in [0.1, 0.15) is 4.21 Å². The quantitative estimate of drug-likeness (QED) is 0.496. The lowest BCUT2D eigenvalue weighted by Gasteiger charge is -2.11. The molecule has 158 valence electrons. The van der Waals surface area contributed by atoms with Crippen LogP contribution in [0.5, 0.6) is 0 Å². The van der Waals surface area contributed by atoms with E-state index in [1.54, 1.807) is 41.8 Å². The second-order valence-corrected chi connectivity index (χ2v) is 9.45. The van der Waals surface area contributed by atoms with Crippen molar-refractivity contribution < 1.29 is 17.9 Å². The number of hydrogen-bond donors (Lipinski definition) is 2. The van der Waals surface area contributed by atoms with E-state index in [1.807, 2.05) is 31.2 Å². The van der Waals surface area contributed by atoms with E-state index < -0.39 is 10.0 Å². The van der Waals surface area contributed by atoms with Crippen LogP contribution >= 0.6 is 11.3 Å². The highest BCUT2D eigenvalue weighted by Gasteiger charge is 2.15. The van der Waals surface area contributed by atoms with E-state index in [9.17, 15) is 13.2 Å². The van der Waals surface area contributed by atoms with E-state index in [0.29, 0.717) is 25.4 Å². The Morgan fingerprint density at radius 3 is 2.40 bits per heavy atom. The predicted molar refractivity (Wildman–Crippen MR) is 119 cm³/mol. The molecule has 1 amide bonds. The Bertz CT molecular complexity index is 1060. The Morgan fingerprint density at radius 1 is 1.00 bits per heavy atom. The van der Waals surface area contributed by atoms with E-state index in [4.69, 9.17) is 4.74 Å². The standard InChI is InChI=1S/C22H24N2O4S2/c1-2-28-16-19-7-4-3-6-18(19)15-23-21(25)14-17-9-11-20(12-10-17)24-30(26,27)22-8-5-13-29-22/h3-13,24H,2,14-16H2,1H3,(H,23,25). The van der Waals surface area contributed by atoms with Gasteiger partial charge in [-0.3, -0.25) is 9.52 Å². The van der Waals surface area contributed by atoms with Crippen molar-refractivity contribution in [2.75, 3.05) is 11.3 Å². The molecule has 30 heavy (non-hydrogen) atoms.